The number of benzene rings is 1. The molecule has 3 heteroatoms. The first kappa shape index (κ1) is 11.8. The molecule has 0 aliphatic heterocycles. The highest BCUT2D eigenvalue weighted by Crippen LogP contribution is 2.17. The fraction of sp³-hybridized carbons (Fsp3) is 0.385. The Morgan fingerprint density at radius 3 is 3.00 bits per heavy atom. The molecule has 1 atom stereocenters. The molecular weight excluding hydrogens is 269 g/mol. The average molecular weight is 284 g/mol. The van der Waals surface area contributed by atoms with Crippen LogP contribution in [0.4, 0.5) is 4.39 Å². The van der Waals surface area contributed by atoms with Gasteiger partial charge in [0.25, 0.3) is 0 Å². The van der Waals surface area contributed by atoms with Gasteiger partial charge in [-0.15, -0.1) is 0 Å². The summed E-state index contributed by atoms with van der Waals surface area (Å²) in [7, 11) is 0. The van der Waals surface area contributed by atoms with Crippen LogP contribution in [-0.4, -0.2) is 6.04 Å². The summed E-state index contributed by atoms with van der Waals surface area (Å²) in [5.41, 5.74) is 0.986. The average Bonchev–Trinajstić information content (AvgIpc) is 2.32. The molecule has 0 spiro atoms. The Hall–Kier alpha value is -0.670. The predicted molar refractivity (Wildman–Crippen MR) is 67.7 cm³/mol. The zero-order chi connectivity index (χ0) is 11.4. The van der Waals surface area contributed by atoms with E-state index in [1.165, 1.54) is 19.3 Å². The molecule has 0 heterocycles. The first-order chi connectivity index (χ1) is 7.75. The van der Waals surface area contributed by atoms with Gasteiger partial charge in [0.15, 0.2) is 0 Å². The lowest BCUT2D eigenvalue weighted by Gasteiger charge is -2.18. The summed E-state index contributed by atoms with van der Waals surface area (Å²) in [6.45, 7) is 0.721. The molecule has 0 amide bonds. The van der Waals surface area contributed by atoms with E-state index in [0.29, 0.717) is 10.5 Å². The van der Waals surface area contributed by atoms with E-state index in [1.54, 1.807) is 12.1 Å². The van der Waals surface area contributed by atoms with Crippen molar-refractivity contribution < 1.29 is 4.39 Å². The van der Waals surface area contributed by atoms with E-state index < -0.39 is 0 Å². The molecule has 0 saturated carbocycles. The standard InChI is InChI=1S/C13H15BrFN/c14-12-7-6-10(8-13(12)15)9-16-11-4-2-1-3-5-11/h2,4,6-8,11,16H,1,3,5,9H2. The molecule has 0 radical (unpaired) electrons. The highest BCUT2D eigenvalue weighted by molar-refractivity contribution is 9.10. The van der Waals surface area contributed by atoms with Crippen molar-refractivity contribution in [2.75, 3.05) is 0 Å². The minimum absolute atomic E-state index is 0.196. The highest BCUT2D eigenvalue weighted by atomic mass is 79.9. The van der Waals surface area contributed by atoms with Crippen LogP contribution in [0.25, 0.3) is 0 Å². The molecule has 1 aliphatic rings. The topological polar surface area (TPSA) is 12.0 Å². The van der Waals surface area contributed by atoms with Gasteiger partial charge in [0.1, 0.15) is 5.82 Å². The van der Waals surface area contributed by atoms with Gasteiger partial charge in [-0.05, 0) is 52.9 Å². The zero-order valence-corrected chi connectivity index (χ0v) is 10.6. The van der Waals surface area contributed by atoms with Crippen LogP contribution < -0.4 is 5.32 Å². The van der Waals surface area contributed by atoms with Crippen LogP contribution in [0.1, 0.15) is 24.8 Å². The minimum Gasteiger partial charge on any atom is -0.306 e. The first-order valence-electron chi connectivity index (χ1n) is 5.59. The van der Waals surface area contributed by atoms with Gasteiger partial charge in [0.05, 0.1) is 4.47 Å². The summed E-state index contributed by atoms with van der Waals surface area (Å²) in [6.07, 6.45) is 8.02. The lowest BCUT2D eigenvalue weighted by Crippen LogP contribution is -2.27. The Labute approximate surface area is 104 Å². The zero-order valence-electron chi connectivity index (χ0n) is 9.05. The van der Waals surface area contributed by atoms with Crippen molar-refractivity contribution in [2.45, 2.75) is 31.8 Å². The first-order valence-corrected chi connectivity index (χ1v) is 6.39. The molecule has 1 aromatic carbocycles. The maximum Gasteiger partial charge on any atom is 0.137 e. The predicted octanol–water partition coefficient (Wildman–Crippen LogP) is 3.79. The molecule has 1 unspecified atom stereocenters. The molecule has 0 fully saturated rings. The molecule has 0 aromatic heterocycles. The highest BCUT2D eigenvalue weighted by Gasteiger charge is 2.07. The van der Waals surface area contributed by atoms with Crippen LogP contribution in [0.5, 0.6) is 0 Å². The number of rotatable bonds is 3. The van der Waals surface area contributed by atoms with Crippen LogP contribution in [0.2, 0.25) is 0 Å². The number of hydrogen-bond acceptors (Lipinski definition) is 1. The monoisotopic (exact) mass is 283 g/mol. The molecule has 1 N–H and O–H groups in total. The fourth-order valence-corrected chi connectivity index (χ4v) is 2.13. The molecule has 0 bridgehead atoms. The van der Waals surface area contributed by atoms with Crippen molar-refractivity contribution in [2.24, 2.45) is 0 Å². The van der Waals surface area contributed by atoms with Gasteiger partial charge in [-0.3, -0.25) is 0 Å². The van der Waals surface area contributed by atoms with Crippen molar-refractivity contribution in [3.05, 3.63) is 46.2 Å². The van der Waals surface area contributed by atoms with Crippen LogP contribution in [0.3, 0.4) is 0 Å². The van der Waals surface area contributed by atoms with Crippen molar-refractivity contribution in [3.63, 3.8) is 0 Å². The third kappa shape index (κ3) is 3.16. The summed E-state index contributed by atoms with van der Waals surface area (Å²) in [5, 5.41) is 3.42. The van der Waals surface area contributed by atoms with Crippen molar-refractivity contribution in [1.82, 2.24) is 5.32 Å². The van der Waals surface area contributed by atoms with Gasteiger partial charge < -0.3 is 5.32 Å². The van der Waals surface area contributed by atoms with Crippen LogP contribution in [0.15, 0.2) is 34.8 Å². The quantitative estimate of drug-likeness (QED) is 0.833. The van der Waals surface area contributed by atoms with E-state index >= 15 is 0 Å². The van der Waals surface area contributed by atoms with E-state index in [2.05, 4.69) is 33.4 Å². The Bertz CT molecular complexity index is 390. The number of allylic oxidation sites excluding steroid dienone is 1. The van der Waals surface area contributed by atoms with Gasteiger partial charge in [0, 0.05) is 12.6 Å². The van der Waals surface area contributed by atoms with Gasteiger partial charge >= 0.3 is 0 Å². The second-order valence-electron chi connectivity index (χ2n) is 4.09. The molecule has 16 heavy (non-hydrogen) atoms. The molecular formula is C13H15BrFN. The number of hydrogen-bond donors (Lipinski definition) is 1. The summed E-state index contributed by atoms with van der Waals surface area (Å²) in [5.74, 6) is -0.196. The van der Waals surface area contributed by atoms with Crippen LogP contribution in [-0.2, 0) is 6.54 Å². The number of nitrogens with one attached hydrogen (secondary N) is 1. The Balaban J connectivity index is 1.91. The normalized spacial score (nSPS) is 20.0. The summed E-state index contributed by atoms with van der Waals surface area (Å²) >= 11 is 3.15. The second kappa shape index (κ2) is 5.60. The molecule has 0 saturated heterocycles. The van der Waals surface area contributed by atoms with Gasteiger partial charge in [0.2, 0.25) is 0 Å². The summed E-state index contributed by atoms with van der Waals surface area (Å²) in [4.78, 5) is 0. The van der Waals surface area contributed by atoms with E-state index in [-0.39, 0.29) is 5.82 Å². The van der Waals surface area contributed by atoms with Crippen LogP contribution >= 0.6 is 15.9 Å². The van der Waals surface area contributed by atoms with Crippen molar-refractivity contribution >= 4 is 15.9 Å². The van der Waals surface area contributed by atoms with E-state index in [0.717, 1.165) is 12.1 Å². The summed E-state index contributed by atoms with van der Waals surface area (Å²) < 4.78 is 13.8. The SMILES string of the molecule is Fc1cc(CNC2C=CCCC2)ccc1Br. The van der Waals surface area contributed by atoms with Crippen molar-refractivity contribution in [1.29, 1.82) is 0 Å². The summed E-state index contributed by atoms with van der Waals surface area (Å²) in [6, 6.07) is 5.71. The third-order valence-corrected chi connectivity index (χ3v) is 3.45. The van der Waals surface area contributed by atoms with E-state index in [9.17, 15) is 4.39 Å². The van der Waals surface area contributed by atoms with Crippen LogP contribution in [0, 0.1) is 5.82 Å². The fourth-order valence-electron chi connectivity index (χ4n) is 1.88. The third-order valence-electron chi connectivity index (χ3n) is 2.81. The van der Waals surface area contributed by atoms with Gasteiger partial charge in [-0.25, -0.2) is 4.39 Å². The molecule has 1 nitrogen and oxygen atoms in total. The Morgan fingerprint density at radius 1 is 1.44 bits per heavy atom. The second-order valence-corrected chi connectivity index (χ2v) is 4.95. The van der Waals surface area contributed by atoms with E-state index in [1.807, 2.05) is 6.07 Å². The Kier molecular flexibility index (Phi) is 4.13. The van der Waals surface area contributed by atoms with Gasteiger partial charge in [-0.1, -0.05) is 18.2 Å². The molecule has 86 valence electrons. The lowest BCUT2D eigenvalue weighted by atomic mass is 10.0. The lowest BCUT2D eigenvalue weighted by molar-refractivity contribution is 0.520. The number of halogens is 2. The minimum atomic E-state index is -0.196. The Morgan fingerprint density at radius 2 is 2.31 bits per heavy atom. The molecule has 1 aromatic rings. The van der Waals surface area contributed by atoms with Gasteiger partial charge in [-0.2, -0.15) is 0 Å². The maximum absolute atomic E-state index is 13.3. The smallest absolute Gasteiger partial charge is 0.137 e. The van der Waals surface area contributed by atoms with E-state index in [4.69, 9.17) is 0 Å². The van der Waals surface area contributed by atoms with Crippen molar-refractivity contribution in [3.8, 4) is 0 Å². The largest absolute Gasteiger partial charge is 0.306 e. The maximum atomic E-state index is 13.3. The molecule has 2 rings (SSSR count). The molecule has 1 aliphatic carbocycles.